The molecule has 0 amide bonds. The molecule has 0 saturated heterocycles. The van der Waals surface area contributed by atoms with Crippen LogP contribution in [0.2, 0.25) is 0 Å². The summed E-state index contributed by atoms with van der Waals surface area (Å²) < 4.78 is 11.1. The SMILES string of the molecule is CC(=O)C(=O)CF. The van der Waals surface area contributed by atoms with Crippen molar-refractivity contribution in [3.8, 4) is 0 Å². The van der Waals surface area contributed by atoms with Crippen molar-refractivity contribution in [2.24, 2.45) is 0 Å². The Kier molecular flexibility index (Phi) is 2.19. The predicted octanol–water partition coefficient (Wildman–Crippen LogP) is 0.114. The monoisotopic (exact) mass is 104 g/mol. The minimum atomic E-state index is -1.17. The highest BCUT2D eigenvalue weighted by Gasteiger charge is 2.03. The maximum Gasteiger partial charge on any atom is 0.228 e. The van der Waals surface area contributed by atoms with Crippen LogP contribution in [0.5, 0.6) is 0 Å². The number of rotatable bonds is 2. The van der Waals surface area contributed by atoms with Gasteiger partial charge in [0.25, 0.3) is 0 Å². The van der Waals surface area contributed by atoms with Crippen LogP contribution in [0.4, 0.5) is 4.39 Å². The Labute approximate surface area is 40.3 Å². The topological polar surface area (TPSA) is 34.1 Å². The molecule has 0 spiro atoms. The Bertz CT molecular complexity index is 97.9. The Morgan fingerprint density at radius 3 is 2.00 bits per heavy atom. The third kappa shape index (κ3) is 2.03. The Morgan fingerprint density at radius 1 is 1.57 bits per heavy atom. The smallest absolute Gasteiger partial charge is 0.228 e. The molecular weight excluding hydrogens is 99.0 g/mol. The highest BCUT2D eigenvalue weighted by atomic mass is 19.1. The molecule has 0 aliphatic heterocycles. The van der Waals surface area contributed by atoms with Gasteiger partial charge in [0.2, 0.25) is 5.78 Å². The van der Waals surface area contributed by atoms with Crippen molar-refractivity contribution in [3.63, 3.8) is 0 Å². The molecule has 0 radical (unpaired) electrons. The Morgan fingerprint density at radius 2 is 2.00 bits per heavy atom. The van der Waals surface area contributed by atoms with Gasteiger partial charge in [-0.15, -0.1) is 0 Å². The van der Waals surface area contributed by atoms with Crippen molar-refractivity contribution < 1.29 is 14.0 Å². The minimum absolute atomic E-state index is 0.720. The van der Waals surface area contributed by atoms with Gasteiger partial charge < -0.3 is 0 Å². The first-order chi connectivity index (χ1) is 3.18. The first-order valence-corrected chi connectivity index (χ1v) is 1.78. The molecule has 0 aliphatic carbocycles. The summed E-state index contributed by atoms with van der Waals surface area (Å²) in [6.07, 6.45) is 0. The number of halogens is 1. The molecule has 0 aromatic carbocycles. The summed E-state index contributed by atoms with van der Waals surface area (Å²) in [6.45, 7) is -0.128. The van der Waals surface area contributed by atoms with Crippen LogP contribution < -0.4 is 0 Å². The molecule has 0 bridgehead atoms. The van der Waals surface area contributed by atoms with Gasteiger partial charge in [-0.2, -0.15) is 0 Å². The van der Waals surface area contributed by atoms with Crippen LogP contribution in [-0.2, 0) is 9.59 Å². The lowest BCUT2D eigenvalue weighted by Crippen LogP contribution is -2.10. The van der Waals surface area contributed by atoms with Crippen molar-refractivity contribution in [1.29, 1.82) is 0 Å². The molecule has 0 aliphatic rings. The van der Waals surface area contributed by atoms with E-state index in [0.717, 1.165) is 6.92 Å². The summed E-state index contributed by atoms with van der Waals surface area (Å²) in [4.78, 5) is 19.6. The van der Waals surface area contributed by atoms with E-state index in [9.17, 15) is 14.0 Å². The van der Waals surface area contributed by atoms with E-state index < -0.39 is 18.2 Å². The lowest BCUT2D eigenvalue weighted by molar-refractivity contribution is -0.135. The summed E-state index contributed by atoms with van der Waals surface area (Å²) in [5.74, 6) is -1.68. The van der Waals surface area contributed by atoms with Gasteiger partial charge in [0.1, 0.15) is 0 Å². The number of carbonyl (C=O) groups excluding carboxylic acids is 2. The molecule has 0 unspecified atom stereocenters. The number of alkyl halides is 1. The van der Waals surface area contributed by atoms with E-state index >= 15 is 0 Å². The van der Waals surface area contributed by atoms with E-state index in [1.807, 2.05) is 0 Å². The van der Waals surface area contributed by atoms with E-state index in [4.69, 9.17) is 0 Å². The van der Waals surface area contributed by atoms with Gasteiger partial charge in [0.05, 0.1) is 0 Å². The van der Waals surface area contributed by atoms with Crippen LogP contribution in [0.3, 0.4) is 0 Å². The fourth-order valence-corrected chi connectivity index (χ4v) is 0.0941. The van der Waals surface area contributed by atoms with Crippen LogP contribution in [0.1, 0.15) is 6.92 Å². The average Bonchev–Trinajstić information content (AvgIpc) is 1.65. The molecule has 0 N–H and O–H groups in total. The fraction of sp³-hybridized carbons (Fsp3) is 0.500. The van der Waals surface area contributed by atoms with E-state index in [1.165, 1.54) is 0 Å². The zero-order valence-corrected chi connectivity index (χ0v) is 3.90. The second kappa shape index (κ2) is 2.44. The number of ketones is 2. The van der Waals surface area contributed by atoms with Gasteiger partial charge >= 0.3 is 0 Å². The van der Waals surface area contributed by atoms with Gasteiger partial charge in [-0.25, -0.2) is 4.39 Å². The molecule has 0 saturated carbocycles. The summed E-state index contributed by atoms with van der Waals surface area (Å²) in [6, 6.07) is 0. The van der Waals surface area contributed by atoms with Gasteiger partial charge in [-0.05, 0) is 0 Å². The maximum atomic E-state index is 11.1. The normalized spacial score (nSPS) is 8.29. The molecular formula is C4H5FO2. The quantitative estimate of drug-likeness (QED) is 0.466. The van der Waals surface area contributed by atoms with Gasteiger partial charge in [0, 0.05) is 6.92 Å². The van der Waals surface area contributed by atoms with Crippen LogP contribution in [0, 0.1) is 0 Å². The largest absolute Gasteiger partial charge is 0.291 e. The molecule has 7 heavy (non-hydrogen) atoms. The van der Waals surface area contributed by atoms with Crippen LogP contribution in [-0.4, -0.2) is 18.2 Å². The van der Waals surface area contributed by atoms with Crippen molar-refractivity contribution in [1.82, 2.24) is 0 Å². The summed E-state index contributed by atoms with van der Waals surface area (Å²) in [7, 11) is 0. The zero-order chi connectivity index (χ0) is 5.86. The first-order valence-electron chi connectivity index (χ1n) is 1.78. The minimum Gasteiger partial charge on any atom is -0.291 e. The van der Waals surface area contributed by atoms with E-state index in [2.05, 4.69) is 0 Å². The van der Waals surface area contributed by atoms with Crippen LogP contribution in [0.25, 0.3) is 0 Å². The van der Waals surface area contributed by atoms with Gasteiger partial charge in [0.15, 0.2) is 12.5 Å². The van der Waals surface area contributed by atoms with E-state index in [1.54, 1.807) is 0 Å². The molecule has 0 atom stereocenters. The summed E-state index contributed by atoms with van der Waals surface area (Å²) in [5, 5.41) is 0. The third-order valence-electron chi connectivity index (χ3n) is 0.514. The van der Waals surface area contributed by atoms with Crippen molar-refractivity contribution in [2.45, 2.75) is 6.92 Å². The second-order valence-electron chi connectivity index (χ2n) is 1.11. The number of hydrogen-bond acceptors (Lipinski definition) is 2. The molecule has 0 fully saturated rings. The van der Waals surface area contributed by atoms with Crippen molar-refractivity contribution in [2.75, 3.05) is 6.67 Å². The maximum absolute atomic E-state index is 11.1. The lowest BCUT2D eigenvalue weighted by atomic mass is 10.3. The predicted molar refractivity (Wildman–Crippen MR) is 21.7 cm³/mol. The summed E-state index contributed by atoms with van der Waals surface area (Å²) in [5.41, 5.74) is 0. The van der Waals surface area contributed by atoms with Crippen molar-refractivity contribution >= 4 is 11.6 Å². The highest BCUT2D eigenvalue weighted by Crippen LogP contribution is 1.74. The molecule has 3 heteroatoms. The highest BCUT2D eigenvalue weighted by molar-refractivity contribution is 6.36. The average molecular weight is 104 g/mol. The van der Waals surface area contributed by atoms with Crippen LogP contribution >= 0.6 is 0 Å². The molecule has 0 aromatic heterocycles. The Balaban J connectivity index is 3.58. The molecule has 0 aromatic rings. The third-order valence-corrected chi connectivity index (χ3v) is 0.514. The summed E-state index contributed by atoms with van der Waals surface area (Å²) >= 11 is 0. The first kappa shape index (κ1) is 6.27. The molecule has 0 rings (SSSR count). The Hall–Kier alpha value is -0.730. The number of hydrogen-bond donors (Lipinski definition) is 0. The van der Waals surface area contributed by atoms with Gasteiger partial charge in [-0.1, -0.05) is 0 Å². The lowest BCUT2D eigenvalue weighted by Gasteiger charge is -1.79. The van der Waals surface area contributed by atoms with E-state index in [0.29, 0.717) is 0 Å². The van der Waals surface area contributed by atoms with Crippen LogP contribution in [0.15, 0.2) is 0 Å². The number of Topliss-reactive ketones (excluding diaryl/α,β-unsaturated/α-hetero) is 2. The second-order valence-corrected chi connectivity index (χ2v) is 1.11. The fourth-order valence-electron chi connectivity index (χ4n) is 0.0941. The number of carbonyl (C=O) groups is 2. The molecule has 40 valence electrons. The van der Waals surface area contributed by atoms with E-state index in [-0.39, 0.29) is 0 Å². The zero-order valence-electron chi connectivity index (χ0n) is 3.90. The van der Waals surface area contributed by atoms with Gasteiger partial charge in [-0.3, -0.25) is 9.59 Å². The standard InChI is InChI=1S/C4H5FO2/c1-3(6)4(7)2-5/h2H2,1H3. The van der Waals surface area contributed by atoms with Crippen molar-refractivity contribution in [3.05, 3.63) is 0 Å². The molecule has 0 heterocycles. The molecule has 2 nitrogen and oxygen atoms in total.